The average molecular weight is 453 g/mol. The summed E-state index contributed by atoms with van der Waals surface area (Å²) in [5.74, 6) is 0.398. The fourth-order valence-corrected chi connectivity index (χ4v) is 4.78. The van der Waals surface area contributed by atoms with Gasteiger partial charge in [-0.15, -0.1) is 0 Å². The lowest BCUT2D eigenvalue weighted by molar-refractivity contribution is -0.121. The van der Waals surface area contributed by atoms with Crippen molar-refractivity contribution in [1.29, 1.82) is 0 Å². The highest BCUT2D eigenvalue weighted by atomic mass is 32.2. The van der Waals surface area contributed by atoms with Gasteiger partial charge in [-0.2, -0.15) is 0 Å². The van der Waals surface area contributed by atoms with E-state index in [1.54, 1.807) is 55.6 Å². The van der Waals surface area contributed by atoms with E-state index in [1.807, 2.05) is 44.2 Å². The Morgan fingerprint density at radius 1 is 0.969 bits per heavy atom. The van der Waals surface area contributed by atoms with Gasteiger partial charge in [0.05, 0.1) is 23.7 Å². The fraction of sp³-hybridized carbons (Fsp3) is 0.240. The predicted octanol–water partition coefficient (Wildman–Crippen LogP) is 4.47. The summed E-state index contributed by atoms with van der Waals surface area (Å²) in [4.78, 5) is 12.8. The van der Waals surface area contributed by atoms with E-state index in [2.05, 4.69) is 5.32 Å². The van der Waals surface area contributed by atoms with Gasteiger partial charge >= 0.3 is 0 Å². The number of anilines is 1. The highest BCUT2D eigenvalue weighted by Crippen LogP contribution is 2.26. The molecular weight excluding hydrogens is 424 g/mol. The minimum Gasteiger partial charge on any atom is -0.497 e. The Bertz CT molecular complexity index is 1130. The lowest BCUT2D eigenvalue weighted by atomic mass is 10.1. The van der Waals surface area contributed by atoms with E-state index in [9.17, 15) is 13.2 Å². The molecule has 0 aliphatic carbocycles. The Kier molecular flexibility index (Phi) is 7.53. The van der Waals surface area contributed by atoms with Gasteiger partial charge < -0.3 is 10.1 Å². The summed E-state index contributed by atoms with van der Waals surface area (Å²) in [6.45, 7) is 3.81. The zero-order chi connectivity index (χ0) is 23.1. The zero-order valence-corrected chi connectivity index (χ0v) is 19.3. The number of ether oxygens (including phenoxy) is 1. The van der Waals surface area contributed by atoms with Crippen molar-refractivity contribution in [3.8, 4) is 5.75 Å². The smallest absolute Gasteiger partial charge is 0.264 e. The largest absolute Gasteiger partial charge is 0.497 e. The Labute approximate surface area is 189 Å². The Hall–Kier alpha value is -3.32. The van der Waals surface area contributed by atoms with Crippen LogP contribution in [0.1, 0.15) is 30.5 Å². The van der Waals surface area contributed by atoms with Crippen LogP contribution >= 0.6 is 0 Å². The Balaban J connectivity index is 1.80. The zero-order valence-electron chi connectivity index (χ0n) is 18.5. The predicted molar refractivity (Wildman–Crippen MR) is 126 cm³/mol. The van der Waals surface area contributed by atoms with E-state index in [0.717, 1.165) is 11.1 Å². The third-order valence-corrected chi connectivity index (χ3v) is 7.03. The van der Waals surface area contributed by atoms with Crippen LogP contribution in [0.3, 0.4) is 0 Å². The molecule has 0 aliphatic rings. The van der Waals surface area contributed by atoms with Crippen molar-refractivity contribution in [3.05, 3.63) is 90.0 Å². The van der Waals surface area contributed by atoms with Gasteiger partial charge in [-0.1, -0.05) is 48.0 Å². The molecule has 1 amide bonds. The number of hydrogen-bond donors (Lipinski definition) is 1. The van der Waals surface area contributed by atoms with Crippen LogP contribution in [-0.2, 0) is 14.8 Å². The monoisotopic (exact) mass is 452 g/mol. The number of hydrogen-bond acceptors (Lipinski definition) is 4. The average Bonchev–Trinajstić information content (AvgIpc) is 2.80. The van der Waals surface area contributed by atoms with E-state index in [4.69, 9.17) is 4.74 Å². The minimum absolute atomic E-state index is 0.00980. The molecule has 0 spiro atoms. The first kappa shape index (κ1) is 23.3. The maximum absolute atomic E-state index is 13.4. The quantitative estimate of drug-likeness (QED) is 0.520. The number of carbonyl (C=O) groups excluding carboxylic acids is 1. The molecule has 0 saturated heterocycles. The molecule has 0 saturated carbocycles. The summed E-state index contributed by atoms with van der Waals surface area (Å²) < 4.78 is 33.3. The van der Waals surface area contributed by atoms with Crippen LogP contribution in [0, 0.1) is 6.92 Å². The maximum atomic E-state index is 13.4. The standard InChI is InChI=1S/C25H28N2O4S/c1-19-9-15-24(16-10-19)32(29,30)27(22-11-13-23(31-3)14-12-22)18-17-25(28)26-20(2)21-7-5-4-6-8-21/h4-16,20H,17-18H2,1-3H3,(H,26,28). The number of sulfonamides is 1. The Morgan fingerprint density at radius 3 is 2.19 bits per heavy atom. The maximum Gasteiger partial charge on any atom is 0.264 e. The second kappa shape index (κ2) is 10.3. The van der Waals surface area contributed by atoms with Crippen molar-refractivity contribution in [1.82, 2.24) is 5.32 Å². The number of carbonyl (C=O) groups is 1. The molecule has 0 fully saturated rings. The number of aryl methyl sites for hydroxylation is 1. The van der Waals surface area contributed by atoms with E-state index >= 15 is 0 Å². The molecule has 0 aromatic heterocycles. The second-order valence-electron chi connectivity index (χ2n) is 7.54. The van der Waals surface area contributed by atoms with Crippen LogP contribution in [0.25, 0.3) is 0 Å². The first-order valence-electron chi connectivity index (χ1n) is 10.4. The molecule has 3 aromatic carbocycles. The summed E-state index contributed by atoms with van der Waals surface area (Å²) >= 11 is 0. The number of methoxy groups -OCH3 is 1. The first-order valence-corrected chi connectivity index (χ1v) is 11.8. The molecular formula is C25H28N2O4S. The van der Waals surface area contributed by atoms with Crippen molar-refractivity contribution >= 4 is 21.6 Å². The topological polar surface area (TPSA) is 75.7 Å². The van der Waals surface area contributed by atoms with Crippen LogP contribution in [0.5, 0.6) is 5.75 Å². The highest BCUT2D eigenvalue weighted by Gasteiger charge is 2.26. The molecule has 7 heteroatoms. The van der Waals surface area contributed by atoms with Crippen LogP contribution in [0.2, 0.25) is 0 Å². The van der Waals surface area contributed by atoms with Crippen molar-refractivity contribution in [2.45, 2.75) is 31.2 Å². The molecule has 3 rings (SSSR count). The summed E-state index contributed by atoms with van der Waals surface area (Å²) in [6, 6.07) is 22.9. The SMILES string of the molecule is COc1ccc(N(CCC(=O)NC(C)c2ccccc2)S(=O)(=O)c2ccc(C)cc2)cc1. The summed E-state index contributed by atoms with van der Waals surface area (Å²) in [5.41, 5.74) is 2.42. The molecule has 1 unspecified atom stereocenters. The lowest BCUT2D eigenvalue weighted by Crippen LogP contribution is -2.36. The number of nitrogens with one attached hydrogen (secondary N) is 1. The molecule has 3 aromatic rings. The van der Waals surface area contributed by atoms with E-state index in [1.165, 1.54) is 4.31 Å². The van der Waals surface area contributed by atoms with Crippen LogP contribution in [-0.4, -0.2) is 28.0 Å². The van der Waals surface area contributed by atoms with Crippen molar-refractivity contribution in [3.63, 3.8) is 0 Å². The molecule has 168 valence electrons. The van der Waals surface area contributed by atoms with Gasteiger partial charge in [0, 0.05) is 13.0 Å². The van der Waals surface area contributed by atoms with Gasteiger partial charge in [0.2, 0.25) is 5.91 Å². The number of nitrogens with zero attached hydrogens (tertiary/aromatic N) is 1. The lowest BCUT2D eigenvalue weighted by Gasteiger charge is -2.25. The molecule has 0 aliphatic heterocycles. The third-order valence-electron chi connectivity index (χ3n) is 5.19. The summed E-state index contributed by atoms with van der Waals surface area (Å²) in [6.07, 6.45) is 0.0221. The van der Waals surface area contributed by atoms with Gasteiger partial charge in [0.1, 0.15) is 5.75 Å². The molecule has 0 bridgehead atoms. The van der Waals surface area contributed by atoms with Gasteiger partial charge in [-0.25, -0.2) is 8.42 Å². The molecule has 1 N–H and O–H groups in total. The number of benzene rings is 3. The third kappa shape index (κ3) is 5.68. The highest BCUT2D eigenvalue weighted by molar-refractivity contribution is 7.92. The minimum atomic E-state index is -3.85. The second-order valence-corrected chi connectivity index (χ2v) is 9.40. The molecule has 0 heterocycles. The van der Waals surface area contributed by atoms with Gasteiger partial charge in [-0.05, 0) is 55.8 Å². The first-order chi connectivity index (χ1) is 15.3. The molecule has 0 radical (unpaired) electrons. The Morgan fingerprint density at radius 2 is 1.59 bits per heavy atom. The molecule has 6 nitrogen and oxygen atoms in total. The molecule has 32 heavy (non-hydrogen) atoms. The van der Waals surface area contributed by atoms with Crippen molar-refractivity contribution in [2.75, 3.05) is 18.0 Å². The van der Waals surface area contributed by atoms with E-state index in [-0.39, 0.29) is 29.8 Å². The van der Waals surface area contributed by atoms with E-state index in [0.29, 0.717) is 11.4 Å². The number of rotatable bonds is 9. The van der Waals surface area contributed by atoms with Gasteiger partial charge in [0.25, 0.3) is 10.0 Å². The molecule has 1 atom stereocenters. The van der Waals surface area contributed by atoms with Crippen molar-refractivity contribution < 1.29 is 17.9 Å². The van der Waals surface area contributed by atoms with Crippen LogP contribution < -0.4 is 14.4 Å². The van der Waals surface area contributed by atoms with Crippen LogP contribution in [0.15, 0.2) is 83.8 Å². The van der Waals surface area contributed by atoms with E-state index < -0.39 is 10.0 Å². The van der Waals surface area contributed by atoms with Gasteiger partial charge in [-0.3, -0.25) is 9.10 Å². The summed E-state index contributed by atoms with van der Waals surface area (Å²) in [7, 11) is -2.30. The normalized spacial score (nSPS) is 12.1. The van der Waals surface area contributed by atoms with Gasteiger partial charge in [0.15, 0.2) is 0 Å². The van der Waals surface area contributed by atoms with Crippen LogP contribution in [0.4, 0.5) is 5.69 Å². The van der Waals surface area contributed by atoms with Crippen molar-refractivity contribution in [2.24, 2.45) is 0 Å². The number of amides is 1. The fourth-order valence-electron chi connectivity index (χ4n) is 3.32. The summed E-state index contributed by atoms with van der Waals surface area (Å²) in [5, 5.41) is 2.94.